The van der Waals surface area contributed by atoms with E-state index in [4.69, 9.17) is 0 Å². The Morgan fingerprint density at radius 1 is 1.71 bits per heavy atom. The first-order chi connectivity index (χ1) is 6.67. The van der Waals surface area contributed by atoms with Crippen LogP contribution < -0.4 is 0 Å². The van der Waals surface area contributed by atoms with Gasteiger partial charge in [-0.15, -0.1) is 5.10 Å². The van der Waals surface area contributed by atoms with Crippen LogP contribution in [0.5, 0.6) is 0 Å². The van der Waals surface area contributed by atoms with Crippen LogP contribution in [0.3, 0.4) is 0 Å². The molecule has 0 saturated heterocycles. The lowest BCUT2D eigenvalue weighted by molar-refractivity contribution is 0.0586. The maximum atomic E-state index is 11.0. The highest BCUT2D eigenvalue weighted by Gasteiger charge is 2.11. The SMILES string of the molecule is CCC(C)Cn1cnc(C(=O)OC)n1. The molecule has 0 fully saturated rings. The van der Waals surface area contributed by atoms with Crippen LogP contribution in [0.25, 0.3) is 0 Å². The molecular formula is C9H15N3O2. The summed E-state index contributed by atoms with van der Waals surface area (Å²) in [5.74, 6) is 0.158. The summed E-state index contributed by atoms with van der Waals surface area (Å²) >= 11 is 0. The average molecular weight is 197 g/mol. The first-order valence-electron chi connectivity index (χ1n) is 4.65. The van der Waals surface area contributed by atoms with E-state index in [9.17, 15) is 4.79 Å². The van der Waals surface area contributed by atoms with Gasteiger partial charge in [-0.3, -0.25) is 4.68 Å². The van der Waals surface area contributed by atoms with Gasteiger partial charge >= 0.3 is 5.97 Å². The molecule has 5 nitrogen and oxygen atoms in total. The van der Waals surface area contributed by atoms with Gasteiger partial charge in [-0.25, -0.2) is 9.78 Å². The van der Waals surface area contributed by atoms with Gasteiger partial charge in [0.2, 0.25) is 0 Å². The van der Waals surface area contributed by atoms with E-state index in [0.29, 0.717) is 5.92 Å². The maximum absolute atomic E-state index is 11.0. The van der Waals surface area contributed by atoms with Gasteiger partial charge in [0.15, 0.2) is 0 Å². The van der Waals surface area contributed by atoms with Crippen LogP contribution in [-0.4, -0.2) is 27.8 Å². The summed E-state index contributed by atoms with van der Waals surface area (Å²) < 4.78 is 6.17. The molecule has 5 heteroatoms. The lowest BCUT2D eigenvalue weighted by Crippen LogP contribution is -2.09. The van der Waals surface area contributed by atoms with E-state index in [1.54, 1.807) is 11.0 Å². The third-order valence-corrected chi connectivity index (χ3v) is 2.10. The fourth-order valence-corrected chi connectivity index (χ4v) is 1.02. The number of nitrogens with zero attached hydrogens (tertiary/aromatic N) is 3. The molecule has 0 radical (unpaired) electrons. The molecule has 0 aliphatic rings. The van der Waals surface area contributed by atoms with E-state index < -0.39 is 5.97 Å². The summed E-state index contributed by atoms with van der Waals surface area (Å²) in [6.45, 7) is 5.02. The van der Waals surface area contributed by atoms with Gasteiger partial charge < -0.3 is 4.74 Å². The van der Waals surface area contributed by atoms with E-state index in [1.165, 1.54) is 7.11 Å². The fraction of sp³-hybridized carbons (Fsp3) is 0.667. The molecule has 0 bridgehead atoms. The minimum Gasteiger partial charge on any atom is -0.463 e. The molecule has 1 rings (SSSR count). The van der Waals surface area contributed by atoms with Crippen LogP contribution in [0.2, 0.25) is 0 Å². The maximum Gasteiger partial charge on any atom is 0.377 e. The van der Waals surface area contributed by atoms with E-state index in [-0.39, 0.29) is 5.82 Å². The number of aromatic nitrogens is 3. The Kier molecular flexibility index (Phi) is 3.62. The van der Waals surface area contributed by atoms with E-state index in [1.807, 2.05) is 0 Å². The Bertz CT molecular complexity index is 309. The highest BCUT2D eigenvalue weighted by atomic mass is 16.5. The molecular weight excluding hydrogens is 182 g/mol. The van der Waals surface area contributed by atoms with Crippen molar-refractivity contribution in [3.63, 3.8) is 0 Å². The molecule has 0 saturated carbocycles. The second kappa shape index (κ2) is 4.74. The molecule has 0 aromatic carbocycles. The zero-order valence-electron chi connectivity index (χ0n) is 8.73. The highest BCUT2D eigenvalue weighted by Crippen LogP contribution is 2.03. The van der Waals surface area contributed by atoms with Crippen LogP contribution in [0.15, 0.2) is 6.33 Å². The van der Waals surface area contributed by atoms with E-state index in [2.05, 4.69) is 28.7 Å². The zero-order chi connectivity index (χ0) is 10.6. The first kappa shape index (κ1) is 10.7. The van der Waals surface area contributed by atoms with Crippen molar-refractivity contribution in [1.29, 1.82) is 0 Å². The lowest BCUT2D eigenvalue weighted by Gasteiger charge is -2.06. The largest absolute Gasteiger partial charge is 0.463 e. The van der Waals surface area contributed by atoms with Gasteiger partial charge in [0.1, 0.15) is 6.33 Å². The standard InChI is InChI=1S/C9H15N3O2/c1-4-7(2)5-12-6-10-8(11-12)9(13)14-3/h6-7H,4-5H2,1-3H3. The van der Waals surface area contributed by atoms with Gasteiger partial charge in [-0.2, -0.15) is 0 Å². The summed E-state index contributed by atoms with van der Waals surface area (Å²) in [4.78, 5) is 14.9. The molecule has 0 aliphatic carbocycles. The number of hydrogen-bond donors (Lipinski definition) is 0. The van der Waals surface area contributed by atoms with Crippen molar-refractivity contribution in [3.8, 4) is 0 Å². The number of methoxy groups -OCH3 is 1. The fourth-order valence-electron chi connectivity index (χ4n) is 1.02. The Balaban J connectivity index is 2.63. The van der Waals surface area contributed by atoms with E-state index >= 15 is 0 Å². The van der Waals surface area contributed by atoms with Gasteiger partial charge in [0, 0.05) is 6.54 Å². The summed E-state index contributed by atoms with van der Waals surface area (Å²) in [6, 6.07) is 0. The normalized spacial score (nSPS) is 12.5. The van der Waals surface area contributed by atoms with Crippen molar-refractivity contribution in [2.24, 2.45) is 5.92 Å². The van der Waals surface area contributed by atoms with Crippen LogP contribution in [-0.2, 0) is 11.3 Å². The lowest BCUT2D eigenvalue weighted by atomic mass is 10.1. The molecule has 78 valence electrons. The molecule has 0 N–H and O–H groups in total. The molecule has 1 atom stereocenters. The van der Waals surface area contributed by atoms with E-state index in [0.717, 1.165) is 13.0 Å². The molecule has 1 heterocycles. The average Bonchev–Trinajstić information content (AvgIpc) is 2.65. The molecule has 1 aromatic rings. The predicted octanol–water partition coefficient (Wildman–Crippen LogP) is 1.11. The Labute approximate surface area is 83.1 Å². The van der Waals surface area contributed by atoms with Gasteiger partial charge in [0.25, 0.3) is 5.82 Å². The van der Waals surface area contributed by atoms with Crippen LogP contribution in [0.1, 0.15) is 30.9 Å². The molecule has 0 amide bonds. The minimum atomic E-state index is -0.493. The second-order valence-electron chi connectivity index (χ2n) is 3.30. The van der Waals surface area contributed by atoms with Crippen LogP contribution >= 0.6 is 0 Å². The Hall–Kier alpha value is -1.39. The van der Waals surface area contributed by atoms with Gasteiger partial charge in [-0.05, 0) is 5.92 Å². The monoisotopic (exact) mass is 197 g/mol. The number of hydrogen-bond acceptors (Lipinski definition) is 4. The van der Waals surface area contributed by atoms with Crippen LogP contribution in [0.4, 0.5) is 0 Å². The van der Waals surface area contributed by atoms with Gasteiger partial charge in [0.05, 0.1) is 7.11 Å². The molecule has 0 spiro atoms. The third kappa shape index (κ3) is 2.55. The number of carbonyl (C=O) groups excluding carboxylic acids is 1. The van der Waals surface area contributed by atoms with Crippen molar-refractivity contribution in [2.45, 2.75) is 26.8 Å². The first-order valence-corrected chi connectivity index (χ1v) is 4.65. The zero-order valence-corrected chi connectivity index (χ0v) is 8.73. The number of ether oxygens (including phenoxy) is 1. The molecule has 1 unspecified atom stereocenters. The third-order valence-electron chi connectivity index (χ3n) is 2.10. The number of esters is 1. The van der Waals surface area contributed by atoms with Crippen molar-refractivity contribution >= 4 is 5.97 Å². The van der Waals surface area contributed by atoms with Gasteiger partial charge in [-0.1, -0.05) is 20.3 Å². The van der Waals surface area contributed by atoms with Crippen molar-refractivity contribution in [2.75, 3.05) is 7.11 Å². The van der Waals surface area contributed by atoms with Crippen molar-refractivity contribution in [1.82, 2.24) is 14.8 Å². The summed E-state index contributed by atoms with van der Waals surface area (Å²) in [5.41, 5.74) is 0. The Morgan fingerprint density at radius 3 is 3.00 bits per heavy atom. The summed E-state index contributed by atoms with van der Waals surface area (Å²) in [6.07, 6.45) is 2.63. The van der Waals surface area contributed by atoms with Crippen LogP contribution in [0, 0.1) is 5.92 Å². The molecule has 0 aliphatic heterocycles. The highest BCUT2D eigenvalue weighted by molar-refractivity contribution is 5.84. The smallest absolute Gasteiger partial charge is 0.377 e. The quantitative estimate of drug-likeness (QED) is 0.678. The molecule has 1 aromatic heterocycles. The second-order valence-corrected chi connectivity index (χ2v) is 3.30. The number of carbonyl (C=O) groups is 1. The topological polar surface area (TPSA) is 57.0 Å². The predicted molar refractivity (Wildman–Crippen MR) is 50.8 cm³/mol. The minimum absolute atomic E-state index is 0.121. The summed E-state index contributed by atoms with van der Waals surface area (Å²) in [5, 5.41) is 4.00. The van der Waals surface area contributed by atoms with Crippen molar-refractivity contribution in [3.05, 3.63) is 12.2 Å². The number of rotatable bonds is 4. The Morgan fingerprint density at radius 2 is 2.43 bits per heavy atom. The molecule has 14 heavy (non-hydrogen) atoms. The van der Waals surface area contributed by atoms with Crippen molar-refractivity contribution < 1.29 is 9.53 Å². The summed E-state index contributed by atoms with van der Waals surface area (Å²) in [7, 11) is 1.32.